The van der Waals surface area contributed by atoms with Crippen molar-refractivity contribution in [2.24, 2.45) is 23.6 Å². The summed E-state index contributed by atoms with van der Waals surface area (Å²) in [6.07, 6.45) is 5.50. The lowest BCUT2D eigenvalue weighted by Gasteiger charge is -2.16. The van der Waals surface area contributed by atoms with Crippen LogP contribution < -0.4 is 21.3 Å². The fourth-order valence-electron chi connectivity index (χ4n) is 2.67. The van der Waals surface area contributed by atoms with Crippen LogP contribution in [0.3, 0.4) is 0 Å². The summed E-state index contributed by atoms with van der Waals surface area (Å²) in [5.74, 6) is 8.78. The molecule has 1 heterocycles. The van der Waals surface area contributed by atoms with E-state index in [1.807, 2.05) is 6.92 Å². The molecule has 7 heteroatoms. The zero-order valence-corrected chi connectivity index (χ0v) is 11.8. The van der Waals surface area contributed by atoms with Crippen LogP contribution in [0.4, 0.5) is 11.9 Å². The van der Waals surface area contributed by atoms with Crippen LogP contribution in [0.15, 0.2) is 0 Å². The van der Waals surface area contributed by atoms with E-state index < -0.39 is 0 Å². The van der Waals surface area contributed by atoms with E-state index in [2.05, 4.69) is 25.7 Å². The Morgan fingerprint density at radius 3 is 2.35 bits per heavy atom. The molecule has 110 valence electrons. The van der Waals surface area contributed by atoms with Gasteiger partial charge in [0.15, 0.2) is 0 Å². The molecule has 0 unspecified atom stereocenters. The SMILES string of the molecule is CCOc1nc(NN)nc(NCC(C2CC2)C2CC2)n1. The van der Waals surface area contributed by atoms with Crippen LogP contribution in [0, 0.1) is 17.8 Å². The smallest absolute Gasteiger partial charge is 0.323 e. The second kappa shape index (κ2) is 5.78. The molecule has 20 heavy (non-hydrogen) atoms. The average molecular weight is 278 g/mol. The molecule has 0 radical (unpaired) electrons. The van der Waals surface area contributed by atoms with Crippen LogP contribution in [0.25, 0.3) is 0 Å². The molecule has 0 aromatic carbocycles. The molecule has 4 N–H and O–H groups in total. The number of ether oxygens (including phenoxy) is 1. The van der Waals surface area contributed by atoms with Gasteiger partial charge in [-0.25, -0.2) is 5.84 Å². The Bertz CT molecular complexity index is 448. The molecule has 1 aromatic heterocycles. The monoisotopic (exact) mass is 278 g/mol. The Morgan fingerprint density at radius 2 is 1.80 bits per heavy atom. The molecule has 1 aromatic rings. The van der Waals surface area contributed by atoms with Gasteiger partial charge in [0.2, 0.25) is 11.9 Å². The molecule has 0 spiro atoms. The summed E-state index contributed by atoms with van der Waals surface area (Å²) in [5.41, 5.74) is 2.44. The Balaban J connectivity index is 1.64. The molecule has 0 atom stereocenters. The predicted molar refractivity (Wildman–Crippen MR) is 76.2 cm³/mol. The molecule has 3 rings (SSSR count). The van der Waals surface area contributed by atoms with Crippen molar-refractivity contribution in [3.05, 3.63) is 0 Å². The largest absolute Gasteiger partial charge is 0.464 e. The number of hydrogen-bond acceptors (Lipinski definition) is 7. The topological polar surface area (TPSA) is 98.0 Å². The quantitative estimate of drug-likeness (QED) is 0.488. The molecule has 2 aliphatic carbocycles. The summed E-state index contributed by atoms with van der Waals surface area (Å²) < 4.78 is 5.32. The summed E-state index contributed by atoms with van der Waals surface area (Å²) in [6.45, 7) is 3.33. The van der Waals surface area contributed by atoms with E-state index in [0.717, 1.165) is 24.3 Å². The summed E-state index contributed by atoms with van der Waals surface area (Å²) in [5, 5.41) is 3.32. The van der Waals surface area contributed by atoms with E-state index in [1.165, 1.54) is 25.7 Å². The minimum atomic E-state index is 0.298. The maximum absolute atomic E-state index is 5.37. The van der Waals surface area contributed by atoms with Gasteiger partial charge < -0.3 is 10.1 Å². The third-order valence-electron chi connectivity index (χ3n) is 3.97. The highest BCUT2D eigenvalue weighted by atomic mass is 16.5. The maximum Gasteiger partial charge on any atom is 0.323 e. The first-order valence-electron chi connectivity index (χ1n) is 7.39. The number of nitrogens with one attached hydrogen (secondary N) is 2. The van der Waals surface area contributed by atoms with Crippen LogP contribution in [0.1, 0.15) is 32.6 Å². The third-order valence-corrected chi connectivity index (χ3v) is 3.97. The summed E-state index contributed by atoms with van der Waals surface area (Å²) >= 11 is 0. The number of nitrogens with two attached hydrogens (primary N) is 1. The molecule has 2 fully saturated rings. The van der Waals surface area contributed by atoms with Gasteiger partial charge in [0.1, 0.15) is 0 Å². The lowest BCUT2D eigenvalue weighted by molar-refractivity contribution is 0.312. The van der Waals surface area contributed by atoms with Crippen molar-refractivity contribution in [2.75, 3.05) is 23.9 Å². The highest BCUT2D eigenvalue weighted by Crippen LogP contribution is 2.49. The molecule has 2 saturated carbocycles. The van der Waals surface area contributed by atoms with E-state index in [9.17, 15) is 0 Å². The lowest BCUT2D eigenvalue weighted by atomic mass is 9.98. The molecule has 7 nitrogen and oxygen atoms in total. The van der Waals surface area contributed by atoms with Crippen molar-refractivity contribution >= 4 is 11.9 Å². The lowest BCUT2D eigenvalue weighted by Crippen LogP contribution is -2.21. The van der Waals surface area contributed by atoms with Crippen molar-refractivity contribution in [3.63, 3.8) is 0 Å². The van der Waals surface area contributed by atoms with Crippen LogP contribution in [-0.4, -0.2) is 28.1 Å². The van der Waals surface area contributed by atoms with Crippen molar-refractivity contribution in [3.8, 4) is 6.01 Å². The molecule has 0 bridgehead atoms. The van der Waals surface area contributed by atoms with E-state index in [-0.39, 0.29) is 0 Å². The second-order valence-electron chi connectivity index (χ2n) is 5.56. The van der Waals surface area contributed by atoms with E-state index in [1.54, 1.807) is 0 Å². The Kier molecular flexibility index (Phi) is 3.86. The van der Waals surface area contributed by atoms with Gasteiger partial charge in [0.25, 0.3) is 0 Å². The van der Waals surface area contributed by atoms with Crippen molar-refractivity contribution in [1.82, 2.24) is 15.0 Å². The van der Waals surface area contributed by atoms with Crippen LogP contribution in [-0.2, 0) is 0 Å². The van der Waals surface area contributed by atoms with Crippen LogP contribution >= 0.6 is 0 Å². The standard InChI is InChI=1S/C13H22N6O/c1-2-20-13-17-11(16-12(18-13)19-14)15-7-10(8-3-4-8)9-5-6-9/h8-10H,2-7,14H2,1H3,(H2,15,16,17,18,19). The first kappa shape index (κ1) is 13.4. The van der Waals surface area contributed by atoms with E-state index in [4.69, 9.17) is 10.6 Å². The van der Waals surface area contributed by atoms with Gasteiger partial charge in [-0.3, -0.25) is 5.43 Å². The summed E-state index contributed by atoms with van der Waals surface area (Å²) in [7, 11) is 0. The molecular formula is C13H22N6O. The van der Waals surface area contributed by atoms with Gasteiger partial charge >= 0.3 is 6.01 Å². The zero-order chi connectivity index (χ0) is 13.9. The number of nitrogen functional groups attached to an aromatic ring is 1. The van der Waals surface area contributed by atoms with Gasteiger partial charge in [0.05, 0.1) is 6.61 Å². The normalized spacial score (nSPS) is 18.1. The van der Waals surface area contributed by atoms with E-state index in [0.29, 0.717) is 24.5 Å². The minimum Gasteiger partial charge on any atom is -0.464 e. The number of nitrogens with zero attached hydrogens (tertiary/aromatic N) is 3. The van der Waals surface area contributed by atoms with Crippen molar-refractivity contribution in [2.45, 2.75) is 32.6 Å². The van der Waals surface area contributed by atoms with Crippen LogP contribution in [0.5, 0.6) is 6.01 Å². The first-order valence-corrected chi connectivity index (χ1v) is 7.39. The Hall–Kier alpha value is -1.63. The maximum atomic E-state index is 5.37. The Labute approximate surface area is 118 Å². The van der Waals surface area contributed by atoms with Crippen LogP contribution in [0.2, 0.25) is 0 Å². The number of aromatic nitrogens is 3. The zero-order valence-electron chi connectivity index (χ0n) is 11.8. The highest BCUT2D eigenvalue weighted by Gasteiger charge is 2.41. The fraction of sp³-hybridized carbons (Fsp3) is 0.769. The molecule has 0 saturated heterocycles. The average Bonchev–Trinajstić information content (AvgIpc) is 3.32. The molecule has 2 aliphatic rings. The summed E-state index contributed by atoms with van der Waals surface area (Å²) in [6, 6.07) is 0.298. The Morgan fingerprint density at radius 1 is 1.15 bits per heavy atom. The second-order valence-corrected chi connectivity index (χ2v) is 5.56. The van der Waals surface area contributed by atoms with E-state index >= 15 is 0 Å². The fourth-order valence-corrected chi connectivity index (χ4v) is 2.67. The molecule has 0 amide bonds. The number of anilines is 2. The summed E-state index contributed by atoms with van der Waals surface area (Å²) in [4.78, 5) is 12.5. The number of hydrogen-bond donors (Lipinski definition) is 3. The first-order chi connectivity index (χ1) is 9.80. The number of rotatable bonds is 8. The van der Waals surface area contributed by atoms with Gasteiger partial charge in [-0.2, -0.15) is 15.0 Å². The number of hydrazine groups is 1. The molecule has 0 aliphatic heterocycles. The van der Waals surface area contributed by atoms with Gasteiger partial charge in [0, 0.05) is 6.54 Å². The minimum absolute atomic E-state index is 0.298. The predicted octanol–water partition coefficient (Wildman–Crippen LogP) is 1.40. The van der Waals surface area contributed by atoms with Gasteiger partial charge in [-0.05, 0) is 50.4 Å². The third kappa shape index (κ3) is 3.27. The highest BCUT2D eigenvalue weighted by molar-refractivity contribution is 5.35. The van der Waals surface area contributed by atoms with Gasteiger partial charge in [-0.1, -0.05) is 0 Å². The molecular weight excluding hydrogens is 256 g/mol. The van der Waals surface area contributed by atoms with Crippen molar-refractivity contribution in [1.29, 1.82) is 0 Å². The van der Waals surface area contributed by atoms with Gasteiger partial charge in [-0.15, -0.1) is 0 Å². The van der Waals surface area contributed by atoms with Crippen molar-refractivity contribution < 1.29 is 4.74 Å².